The Morgan fingerprint density at radius 2 is 1.92 bits per heavy atom. The van der Waals surface area contributed by atoms with Crippen LogP contribution in [-0.2, 0) is 17.4 Å². The number of hydrogen-bond acceptors (Lipinski definition) is 3. The predicted molar refractivity (Wildman–Crippen MR) is 105 cm³/mol. The Bertz CT molecular complexity index is 739. The minimum Gasteiger partial charge on any atom is -0.443 e. The summed E-state index contributed by atoms with van der Waals surface area (Å²) in [7, 11) is 0. The molecule has 1 saturated carbocycles. The van der Waals surface area contributed by atoms with E-state index >= 15 is 0 Å². The molecule has 0 amide bonds. The number of nitrogens with one attached hydrogen (secondary N) is 2. The fourth-order valence-corrected chi connectivity index (χ4v) is 2.98. The molecule has 1 aliphatic rings. The van der Waals surface area contributed by atoms with Crippen LogP contribution < -0.4 is 10.6 Å². The standard InChI is InChI=1S/C21H30N4O/c1-5-22-19(24-14-18-23-13-17(26-18)20(2,3)4)25-15-21(11-12-21)16-9-7-6-8-10-16/h6-10,13H,5,11-12,14-15H2,1-4H3,(H2,22,24,25). The molecule has 2 aromatic rings. The number of rotatable bonds is 6. The molecule has 1 heterocycles. The van der Waals surface area contributed by atoms with Gasteiger partial charge in [-0.1, -0.05) is 51.1 Å². The molecule has 3 rings (SSSR count). The van der Waals surface area contributed by atoms with E-state index in [-0.39, 0.29) is 10.8 Å². The van der Waals surface area contributed by atoms with Crippen molar-refractivity contribution in [1.29, 1.82) is 0 Å². The number of nitrogens with zero attached hydrogens (tertiary/aromatic N) is 2. The Balaban J connectivity index is 1.62. The van der Waals surface area contributed by atoms with Gasteiger partial charge < -0.3 is 15.1 Å². The number of oxazole rings is 1. The van der Waals surface area contributed by atoms with Crippen LogP contribution in [0.3, 0.4) is 0 Å². The van der Waals surface area contributed by atoms with Crippen LogP contribution in [0.15, 0.2) is 45.9 Å². The van der Waals surface area contributed by atoms with Crippen molar-refractivity contribution >= 4 is 5.96 Å². The summed E-state index contributed by atoms with van der Waals surface area (Å²) in [5, 5.41) is 6.81. The number of hydrogen-bond donors (Lipinski definition) is 2. The number of guanidine groups is 1. The summed E-state index contributed by atoms with van der Waals surface area (Å²) in [5.41, 5.74) is 1.62. The number of benzene rings is 1. The van der Waals surface area contributed by atoms with Crippen molar-refractivity contribution in [2.24, 2.45) is 4.99 Å². The molecule has 1 aliphatic carbocycles. The lowest BCUT2D eigenvalue weighted by molar-refractivity contribution is 0.383. The van der Waals surface area contributed by atoms with Gasteiger partial charge in [0.1, 0.15) is 12.3 Å². The summed E-state index contributed by atoms with van der Waals surface area (Å²) in [6.45, 7) is 10.6. The molecule has 5 heteroatoms. The monoisotopic (exact) mass is 354 g/mol. The highest BCUT2D eigenvalue weighted by atomic mass is 16.4. The van der Waals surface area contributed by atoms with Gasteiger partial charge in [0.15, 0.2) is 5.96 Å². The second-order valence-electron chi connectivity index (χ2n) is 8.06. The lowest BCUT2D eigenvalue weighted by Gasteiger charge is -2.19. The third kappa shape index (κ3) is 4.45. The molecule has 140 valence electrons. The molecule has 5 nitrogen and oxygen atoms in total. The molecule has 1 aromatic heterocycles. The van der Waals surface area contributed by atoms with E-state index in [4.69, 9.17) is 4.42 Å². The molecule has 26 heavy (non-hydrogen) atoms. The molecule has 0 spiro atoms. The van der Waals surface area contributed by atoms with Crippen molar-refractivity contribution < 1.29 is 4.42 Å². The van der Waals surface area contributed by atoms with Gasteiger partial charge in [0.25, 0.3) is 0 Å². The van der Waals surface area contributed by atoms with Crippen molar-refractivity contribution in [3.05, 3.63) is 53.7 Å². The van der Waals surface area contributed by atoms with Crippen LogP contribution in [0.5, 0.6) is 0 Å². The van der Waals surface area contributed by atoms with Crippen molar-refractivity contribution in [3.8, 4) is 0 Å². The van der Waals surface area contributed by atoms with E-state index in [1.54, 1.807) is 6.20 Å². The van der Waals surface area contributed by atoms with Gasteiger partial charge in [-0.3, -0.25) is 0 Å². The minimum atomic E-state index is -0.0360. The second kappa shape index (κ2) is 7.52. The summed E-state index contributed by atoms with van der Waals surface area (Å²) in [6.07, 6.45) is 4.25. The van der Waals surface area contributed by atoms with E-state index in [9.17, 15) is 0 Å². The summed E-state index contributed by atoms with van der Waals surface area (Å²) in [5.74, 6) is 2.35. The van der Waals surface area contributed by atoms with E-state index < -0.39 is 0 Å². The zero-order chi connectivity index (χ0) is 18.6. The molecule has 2 N–H and O–H groups in total. The van der Waals surface area contributed by atoms with Gasteiger partial charge in [-0.05, 0) is 25.3 Å². The maximum Gasteiger partial charge on any atom is 0.216 e. The number of aromatic nitrogens is 1. The molecule has 0 bridgehead atoms. The average Bonchev–Trinajstić information content (AvgIpc) is 3.25. The van der Waals surface area contributed by atoms with Gasteiger partial charge >= 0.3 is 0 Å². The topological polar surface area (TPSA) is 62.5 Å². The van der Waals surface area contributed by atoms with Gasteiger partial charge in [-0.2, -0.15) is 0 Å². The first-order valence-electron chi connectivity index (χ1n) is 9.46. The normalized spacial score (nSPS) is 16.4. The van der Waals surface area contributed by atoms with Gasteiger partial charge in [0.2, 0.25) is 5.89 Å². The lowest BCUT2D eigenvalue weighted by atomic mass is 9.94. The number of aliphatic imine (C=N–C) groups is 1. The lowest BCUT2D eigenvalue weighted by Crippen LogP contribution is -2.41. The van der Waals surface area contributed by atoms with Crippen LogP contribution >= 0.6 is 0 Å². The molecular formula is C21H30N4O. The van der Waals surface area contributed by atoms with Crippen molar-refractivity contribution in [2.45, 2.75) is 57.9 Å². The van der Waals surface area contributed by atoms with Crippen LogP contribution in [0.1, 0.15) is 57.8 Å². The van der Waals surface area contributed by atoms with Gasteiger partial charge in [-0.25, -0.2) is 9.98 Å². The van der Waals surface area contributed by atoms with E-state index in [0.29, 0.717) is 12.4 Å². The largest absolute Gasteiger partial charge is 0.443 e. The highest BCUT2D eigenvalue weighted by Crippen LogP contribution is 2.47. The Morgan fingerprint density at radius 1 is 1.19 bits per heavy atom. The third-order valence-electron chi connectivity index (χ3n) is 4.84. The minimum absolute atomic E-state index is 0.0360. The molecule has 0 radical (unpaired) electrons. The molecule has 1 aromatic carbocycles. The van der Waals surface area contributed by atoms with Crippen molar-refractivity contribution in [3.63, 3.8) is 0 Å². The van der Waals surface area contributed by atoms with E-state index in [0.717, 1.165) is 24.8 Å². The van der Waals surface area contributed by atoms with E-state index in [2.05, 4.69) is 78.6 Å². The summed E-state index contributed by atoms with van der Waals surface area (Å²) < 4.78 is 5.83. The Hall–Kier alpha value is -2.30. The van der Waals surface area contributed by atoms with Crippen LogP contribution in [-0.4, -0.2) is 24.0 Å². The van der Waals surface area contributed by atoms with Crippen LogP contribution in [0.2, 0.25) is 0 Å². The Kier molecular flexibility index (Phi) is 5.35. The SMILES string of the molecule is CCNC(=NCc1ncc(C(C)(C)C)o1)NCC1(c2ccccc2)CC1. The Morgan fingerprint density at radius 3 is 2.50 bits per heavy atom. The fraction of sp³-hybridized carbons (Fsp3) is 0.524. The first-order valence-corrected chi connectivity index (χ1v) is 9.46. The van der Waals surface area contributed by atoms with Gasteiger partial charge in [-0.15, -0.1) is 0 Å². The third-order valence-corrected chi connectivity index (χ3v) is 4.84. The first-order chi connectivity index (χ1) is 12.4. The van der Waals surface area contributed by atoms with E-state index in [1.165, 1.54) is 18.4 Å². The molecule has 1 fully saturated rings. The summed E-state index contributed by atoms with van der Waals surface area (Å²) >= 11 is 0. The van der Waals surface area contributed by atoms with Crippen molar-refractivity contribution in [2.75, 3.05) is 13.1 Å². The molecule has 0 unspecified atom stereocenters. The maximum absolute atomic E-state index is 5.83. The van der Waals surface area contributed by atoms with Crippen LogP contribution in [0, 0.1) is 0 Å². The Labute approximate surface area is 156 Å². The predicted octanol–water partition coefficient (Wildman–Crippen LogP) is 3.76. The maximum atomic E-state index is 5.83. The van der Waals surface area contributed by atoms with Crippen LogP contribution in [0.4, 0.5) is 0 Å². The zero-order valence-electron chi connectivity index (χ0n) is 16.3. The highest BCUT2D eigenvalue weighted by molar-refractivity contribution is 5.79. The van der Waals surface area contributed by atoms with Gasteiger partial charge in [0.05, 0.1) is 6.20 Å². The molecule has 0 atom stereocenters. The summed E-state index contributed by atoms with van der Waals surface area (Å²) in [6, 6.07) is 10.7. The highest BCUT2D eigenvalue weighted by Gasteiger charge is 2.44. The average molecular weight is 354 g/mol. The first kappa shape index (κ1) is 18.5. The quantitative estimate of drug-likeness (QED) is 0.612. The smallest absolute Gasteiger partial charge is 0.216 e. The molecule has 0 aliphatic heterocycles. The fourth-order valence-electron chi connectivity index (χ4n) is 2.98. The van der Waals surface area contributed by atoms with Crippen LogP contribution in [0.25, 0.3) is 0 Å². The molecular weight excluding hydrogens is 324 g/mol. The van der Waals surface area contributed by atoms with Crippen molar-refractivity contribution in [1.82, 2.24) is 15.6 Å². The van der Waals surface area contributed by atoms with Gasteiger partial charge in [0, 0.05) is 23.9 Å². The molecule has 0 saturated heterocycles. The zero-order valence-corrected chi connectivity index (χ0v) is 16.3. The summed E-state index contributed by atoms with van der Waals surface area (Å²) in [4.78, 5) is 9.00. The second-order valence-corrected chi connectivity index (χ2v) is 8.06. The van der Waals surface area contributed by atoms with E-state index in [1.807, 2.05) is 0 Å².